The molecule has 5 heteroatoms. The maximum atomic E-state index is 11.6. The third kappa shape index (κ3) is 2.09. The molecule has 96 valence electrons. The maximum Gasteiger partial charge on any atom is 0.227 e. The second-order valence-electron chi connectivity index (χ2n) is 4.09. The van der Waals surface area contributed by atoms with Crippen molar-refractivity contribution in [1.29, 1.82) is 0 Å². The van der Waals surface area contributed by atoms with Crippen molar-refractivity contribution in [1.82, 2.24) is 4.57 Å². The van der Waals surface area contributed by atoms with Crippen molar-refractivity contribution < 1.29 is 9.53 Å². The molecule has 0 amide bonds. The number of hydrogen-bond donors (Lipinski definition) is 1. The molecule has 0 aliphatic heterocycles. The van der Waals surface area contributed by atoms with Gasteiger partial charge in [-0.1, -0.05) is 11.6 Å². The number of rotatable bonds is 3. The fourth-order valence-electron chi connectivity index (χ4n) is 2.07. The first-order valence-corrected chi connectivity index (χ1v) is 6.04. The summed E-state index contributed by atoms with van der Waals surface area (Å²) in [6, 6.07) is 3.60. The predicted molar refractivity (Wildman–Crippen MR) is 72.6 cm³/mol. The zero-order valence-electron chi connectivity index (χ0n) is 10.4. The van der Waals surface area contributed by atoms with Gasteiger partial charge in [-0.05, 0) is 30.7 Å². The summed E-state index contributed by atoms with van der Waals surface area (Å²) >= 11 is 6.09. The third-order valence-corrected chi connectivity index (χ3v) is 3.21. The highest BCUT2D eigenvalue weighted by atomic mass is 35.5. The van der Waals surface area contributed by atoms with Crippen molar-refractivity contribution in [3.8, 4) is 5.75 Å². The quantitative estimate of drug-likeness (QED) is 0.928. The number of fused-ring (bicyclic) bond motifs is 1. The summed E-state index contributed by atoms with van der Waals surface area (Å²) in [4.78, 5) is 11.6. The van der Waals surface area contributed by atoms with Gasteiger partial charge in [0.1, 0.15) is 5.75 Å². The van der Waals surface area contributed by atoms with Gasteiger partial charge < -0.3 is 10.5 Å². The average Bonchev–Trinajstić information content (AvgIpc) is 2.67. The smallest absolute Gasteiger partial charge is 0.227 e. The van der Waals surface area contributed by atoms with Crippen molar-refractivity contribution in [3.63, 3.8) is 0 Å². The summed E-state index contributed by atoms with van der Waals surface area (Å²) in [6.45, 7) is 2.05. The summed E-state index contributed by atoms with van der Waals surface area (Å²) in [5.74, 6) is 0.549. The Labute approximate surface area is 110 Å². The largest absolute Gasteiger partial charge is 0.495 e. The lowest BCUT2D eigenvalue weighted by atomic mass is 10.1. The molecule has 2 rings (SSSR count). The Hall–Kier alpha value is -1.52. The molecule has 1 heterocycles. The molecule has 1 aromatic carbocycles. The molecule has 0 unspecified atom stereocenters. The van der Waals surface area contributed by atoms with Crippen molar-refractivity contribution >= 4 is 28.4 Å². The first-order valence-electron chi connectivity index (χ1n) is 5.67. The summed E-state index contributed by atoms with van der Waals surface area (Å²) in [7, 11) is 1.57. The average molecular weight is 267 g/mol. The normalized spacial score (nSPS) is 10.9. The van der Waals surface area contributed by atoms with Crippen molar-refractivity contribution in [2.45, 2.75) is 13.3 Å². The van der Waals surface area contributed by atoms with Crippen LogP contribution in [0.4, 0.5) is 0 Å². The molecule has 0 aliphatic rings. The van der Waals surface area contributed by atoms with E-state index in [1.165, 1.54) is 6.92 Å². The number of methoxy groups -OCH3 is 1. The Morgan fingerprint density at radius 2 is 2.22 bits per heavy atom. The van der Waals surface area contributed by atoms with Gasteiger partial charge in [0.15, 0.2) is 0 Å². The minimum absolute atomic E-state index is 0.0514. The van der Waals surface area contributed by atoms with Crippen molar-refractivity contribution in [2.75, 3.05) is 13.7 Å². The highest BCUT2D eigenvalue weighted by molar-refractivity contribution is 6.33. The van der Waals surface area contributed by atoms with E-state index in [1.807, 2.05) is 12.3 Å². The summed E-state index contributed by atoms with van der Waals surface area (Å²) < 4.78 is 6.79. The minimum atomic E-state index is -0.0514. The number of nitrogens with two attached hydrogens (primary N) is 1. The van der Waals surface area contributed by atoms with Gasteiger partial charge in [0.2, 0.25) is 5.91 Å². The van der Waals surface area contributed by atoms with Crippen LogP contribution in [-0.4, -0.2) is 24.1 Å². The van der Waals surface area contributed by atoms with Crippen LogP contribution >= 0.6 is 11.6 Å². The van der Waals surface area contributed by atoms with Crippen LogP contribution in [0, 0.1) is 0 Å². The van der Waals surface area contributed by atoms with Gasteiger partial charge >= 0.3 is 0 Å². The van der Waals surface area contributed by atoms with E-state index in [-0.39, 0.29) is 5.91 Å². The van der Waals surface area contributed by atoms with Crippen LogP contribution in [0.5, 0.6) is 5.75 Å². The second kappa shape index (κ2) is 5.00. The molecule has 0 radical (unpaired) electrons. The van der Waals surface area contributed by atoms with Gasteiger partial charge in [-0.3, -0.25) is 9.36 Å². The van der Waals surface area contributed by atoms with E-state index in [4.69, 9.17) is 22.1 Å². The molecular formula is C13H15ClN2O2. The molecule has 0 aliphatic carbocycles. The number of carbonyl (C=O) groups excluding carboxylic acids is 1. The van der Waals surface area contributed by atoms with E-state index < -0.39 is 0 Å². The molecule has 2 N–H and O–H groups in total. The van der Waals surface area contributed by atoms with Crippen LogP contribution in [0.25, 0.3) is 10.9 Å². The topological polar surface area (TPSA) is 57.2 Å². The number of ether oxygens (including phenoxy) is 1. The molecule has 2 aromatic rings. The zero-order chi connectivity index (χ0) is 13.3. The fraction of sp³-hybridized carbons (Fsp3) is 0.308. The molecule has 0 spiro atoms. The van der Waals surface area contributed by atoms with Crippen LogP contribution in [0.3, 0.4) is 0 Å². The molecule has 0 bridgehead atoms. The highest BCUT2D eigenvalue weighted by Gasteiger charge is 2.14. The Balaban J connectivity index is 2.74. The SMILES string of the molecule is COc1cc2c(CCN)cn(C(C)=O)c2cc1Cl. The van der Waals surface area contributed by atoms with Crippen LogP contribution in [-0.2, 0) is 6.42 Å². The van der Waals surface area contributed by atoms with Gasteiger partial charge in [0.05, 0.1) is 17.6 Å². The van der Waals surface area contributed by atoms with Crippen LogP contribution in [0.15, 0.2) is 18.3 Å². The lowest BCUT2D eigenvalue weighted by Gasteiger charge is -2.05. The molecule has 0 saturated heterocycles. The fourth-order valence-corrected chi connectivity index (χ4v) is 2.30. The van der Waals surface area contributed by atoms with Gasteiger partial charge in [-0.15, -0.1) is 0 Å². The van der Waals surface area contributed by atoms with Gasteiger partial charge in [-0.25, -0.2) is 0 Å². The lowest BCUT2D eigenvalue weighted by molar-refractivity contribution is 0.0941. The first-order chi connectivity index (χ1) is 8.58. The summed E-state index contributed by atoms with van der Waals surface area (Å²) in [5, 5.41) is 1.45. The Morgan fingerprint density at radius 3 is 2.78 bits per heavy atom. The summed E-state index contributed by atoms with van der Waals surface area (Å²) in [6.07, 6.45) is 2.52. The van der Waals surface area contributed by atoms with Crippen LogP contribution < -0.4 is 10.5 Å². The van der Waals surface area contributed by atoms with Gasteiger partial charge in [-0.2, -0.15) is 0 Å². The van der Waals surface area contributed by atoms with E-state index in [0.717, 1.165) is 16.5 Å². The molecule has 1 aromatic heterocycles. The Kier molecular flexibility index (Phi) is 3.59. The second-order valence-corrected chi connectivity index (χ2v) is 4.49. The molecule has 4 nitrogen and oxygen atoms in total. The maximum absolute atomic E-state index is 11.6. The third-order valence-electron chi connectivity index (χ3n) is 2.91. The Morgan fingerprint density at radius 1 is 1.50 bits per heavy atom. The number of benzene rings is 1. The van der Waals surface area contributed by atoms with Crippen molar-refractivity contribution in [2.24, 2.45) is 5.73 Å². The molecule has 0 saturated carbocycles. The number of halogens is 1. The number of hydrogen-bond acceptors (Lipinski definition) is 3. The monoisotopic (exact) mass is 266 g/mol. The van der Waals surface area contributed by atoms with E-state index in [2.05, 4.69) is 0 Å². The minimum Gasteiger partial charge on any atom is -0.495 e. The molecular weight excluding hydrogens is 252 g/mol. The molecule has 18 heavy (non-hydrogen) atoms. The number of aromatic nitrogens is 1. The van der Waals surface area contributed by atoms with Crippen LogP contribution in [0.1, 0.15) is 17.3 Å². The van der Waals surface area contributed by atoms with E-state index in [9.17, 15) is 4.79 Å². The van der Waals surface area contributed by atoms with Crippen molar-refractivity contribution in [3.05, 3.63) is 28.9 Å². The first kappa shape index (κ1) is 12.9. The lowest BCUT2D eigenvalue weighted by Crippen LogP contribution is -2.04. The zero-order valence-corrected chi connectivity index (χ0v) is 11.1. The van der Waals surface area contributed by atoms with E-state index >= 15 is 0 Å². The van der Waals surface area contributed by atoms with E-state index in [1.54, 1.807) is 17.7 Å². The highest BCUT2D eigenvalue weighted by Crippen LogP contribution is 2.32. The number of carbonyl (C=O) groups is 1. The summed E-state index contributed by atoms with van der Waals surface area (Å²) in [5.41, 5.74) is 7.40. The predicted octanol–water partition coefficient (Wildman–Crippen LogP) is 2.46. The standard InChI is InChI=1S/C13H15ClN2O2/c1-8(17)16-7-9(3-4-15)10-5-13(18-2)11(14)6-12(10)16/h5-7H,3-4,15H2,1-2H3. The Bertz CT molecular complexity index is 605. The molecule has 0 fully saturated rings. The van der Waals surface area contributed by atoms with E-state index in [0.29, 0.717) is 23.7 Å². The number of nitrogens with zero attached hydrogens (tertiary/aromatic N) is 1. The van der Waals surface area contributed by atoms with Gasteiger partial charge in [0.25, 0.3) is 0 Å². The van der Waals surface area contributed by atoms with Gasteiger partial charge in [0, 0.05) is 18.5 Å². The van der Waals surface area contributed by atoms with Crippen LogP contribution in [0.2, 0.25) is 5.02 Å². The molecule has 0 atom stereocenters.